The van der Waals surface area contributed by atoms with Gasteiger partial charge in [-0.3, -0.25) is 0 Å². The van der Waals surface area contributed by atoms with Gasteiger partial charge >= 0.3 is 5.97 Å². The van der Waals surface area contributed by atoms with Gasteiger partial charge in [0, 0.05) is 19.3 Å². The van der Waals surface area contributed by atoms with Crippen molar-refractivity contribution in [3.63, 3.8) is 0 Å². The van der Waals surface area contributed by atoms with E-state index in [0.717, 1.165) is 31.8 Å². The Bertz CT molecular complexity index is 117. The van der Waals surface area contributed by atoms with E-state index in [1.54, 1.807) is 0 Å². The maximum absolute atomic E-state index is 9.25. The minimum Gasteiger partial charge on any atom is -0.478 e. The number of hydrogen-bond donors (Lipinski definition) is 3. The molecular formula is C9H18O4. The van der Waals surface area contributed by atoms with Crippen LogP contribution in [0, 0.1) is 0 Å². The standard InChI is InChI=1S/C6H14O2.C3H4O2/c7-5-3-1-2-4-6-8;1-2-3(4)5/h7-8H,1-6H2;2H,1H2,(H,4,5). The maximum Gasteiger partial charge on any atom is 0.327 e. The van der Waals surface area contributed by atoms with Gasteiger partial charge in [-0.15, -0.1) is 0 Å². The lowest BCUT2D eigenvalue weighted by atomic mass is 10.2. The zero-order valence-electron chi connectivity index (χ0n) is 7.78. The molecule has 0 aromatic rings. The summed E-state index contributed by atoms with van der Waals surface area (Å²) in [5, 5.41) is 24.2. The first-order valence-corrected chi connectivity index (χ1v) is 4.26. The molecule has 0 heterocycles. The van der Waals surface area contributed by atoms with E-state index in [4.69, 9.17) is 15.3 Å². The van der Waals surface area contributed by atoms with Crippen LogP contribution in [0.4, 0.5) is 0 Å². The molecule has 0 rings (SSSR count). The first-order valence-electron chi connectivity index (χ1n) is 4.26. The lowest BCUT2D eigenvalue weighted by Gasteiger charge is -1.93. The van der Waals surface area contributed by atoms with Crippen molar-refractivity contribution in [3.05, 3.63) is 12.7 Å². The molecule has 0 fully saturated rings. The van der Waals surface area contributed by atoms with Gasteiger partial charge < -0.3 is 15.3 Å². The van der Waals surface area contributed by atoms with Crippen molar-refractivity contribution in [1.82, 2.24) is 0 Å². The SMILES string of the molecule is C=CC(=O)O.OCCCCCCO. The van der Waals surface area contributed by atoms with Crippen molar-refractivity contribution in [2.24, 2.45) is 0 Å². The van der Waals surface area contributed by atoms with Crippen LogP contribution in [0.2, 0.25) is 0 Å². The largest absolute Gasteiger partial charge is 0.478 e. The van der Waals surface area contributed by atoms with Gasteiger partial charge in [-0.1, -0.05) is 19.4 Å². The molecule has 0 aliphatic carbocycles. The molecule has 0 aliphatic rings. The summed E-state index contributed by atoms with van der Waals surface area (Å²) in [6.07, 6.45) is 4.66. The predicted molar refractivity (Wildman–Crippen MR) is 50.5 cm³/mol. The summed E-state index contributed by atoms with van der Waals surface area (Å²) in [6, 6.07) is 0. The second kappa shape index (κ2) is 13.7. The molecule has 78 valence electrons. The Labute approximate surface area is 78.5 Å². The summed E-state index contributed by atoms with van der Waals surface area (Å²) in [4.78, 5) is 9.25. The molecule has 4 nitrogen and oxygen atoms in total. The fourth-order valence-corrected chi connectivity index (χ4v) is 0.577. The molecule has 0 unspecified atom stereocenters. The van der Waals surface area contributed by atoms with Crippen LogP contribution in [-0.2, 0) is 4.79 Å². The number of unbranched alkanes of at least 4 members (excludes halogenated alkanes) is 3. The summed E-state index contributed by atoms with van der Waals surface area (Å²) < 4.78 is 0. The molecule has 3 N–H and O–H groups in total. The predicted octanol–water partition coefficient (Wildman–Crippen LogP) is 0.788. The van der Waals surface area contributed by atoms with Crippen molar-refractivity contribution in [2.45, 2.75) is 25.7 Å². The van der Waals surface area contributed by atoms with Crippen LogP contribution in [0.3, 0.4) is 0 Å². The smallest absolute Gasteiger partial charge is 0.327 e. The van der Waals surface area contributed by atoms with Gasteiger partial charge in [0.2, 0.25) is 0 Å². The Balaban J connectivity index is 0. The molecule has 0 radical (unpaired) electrons. The maximum atomic E-state index is 9.25. The van der Waals surface area contributed by atoms with Gasteiger partial charge in [0.05, 0.1) is 0 Å². The van der Waals surface area contributed by atoms with Crippen molar-refractivity contribution in [1.29, 1.82) is 0 Å². The third-order valence-electron chi connectivity index (χ3n) is 1.24. The third kappa shape index (κ3) is 24.7. The zero-order valence-corrected chi connectivity index (χ0v) is 7.78. The topological polar surface area (TPSA) is 77.8 Å². The van der Waals surface area contributed by atoms with E-state index in [1.807, 2.05) is 0 Å². The Morgan fingerprint density at radius 3 is 1.54 bits per heavy atom. The van der Waals surface area contributed by atoms with Gasteiger partial charge in [-0.2, -0.15) is 0 Å². The summed E-state index contributed by atoms with van der Waals surface area (Å²) in [6.45, 7) is 3.53. The minimum atomic E-state index is -0.981. The molecule has 4 heteroatoms. The quantitative estimate of drug-likeness (QED) is 0.427. The Morgan fingerprint density at radius 2 is 1.38 bits per heavy atom. The summed E-state index contributed by atoms with van der Waals surface area (Å²) >= 11 is 0. The van der Waals surface area contributed by atoms with E-state index in [0.29, 0.717) is 0 Å². The Kier molecular flexibility index (Phi) is 15.4. The third-order valence-corrected chi connectivity index (χ3v) is 1.24. The second-order valence-electron chi connectivity index (χ2n) is 2.40. The average Bonchev–Trinajstić information content (AvgIpc) is 2.14. The van der Waals surface area contributed by atoms with Crippen LogP contribution in [0.1, 0.15) is 25.7 Å². The van der Waals surface area contributed by atoms with Crippen molar-refractivity contribution in [3.8, 4) is 0 Å². The fraction of sp³-hybridized carbons (Fsp3) is 0.667. The van der Waals surface area contributed by atoms with Gasteiger partial charge in [0.1, 0.15) is 0 Å². The Hall–Kier alpha value is -0.870. The summed E-state index contributed by atoms with van der Waals surface area (Å²) in [5.74, 6) is -0.981. The van der Waals surface area contributed by atoms with Crippen LogP contribution >= 0.6 is 0 Å². The molecule has 0 aromatic heterocycles. The Morgan fingerprint density at radius 1 is 1.08 bits per heavy atom. The van der Waals surface area contributed by atoms with E-state index in [2.05, 4.69) is 6.58 Å². The number of hydrogen-bond acceptors (Lipinski definition) is 3. The van der Waals surface area contributed by atoms with E-state index < -0.39 is 5.97 Å². The highest BCUT2D eigenvalue weighted by atomic mass is 16.4. The molecule has 0 aliphatic heterocycles. The lowest BCUT2D eigenvalue weighted by Crippen LogP contribution is -1.85. The summed E-state index contributed by atoms with van der Waals surface area (Å²) in [7, 11) is 0. The first kappa shape index (κ1) is 14.6. The molecule has 0 saturated carbocycles. The van der Waals surface area contributed by atoms with E-state index in [1.165, 1.54) is 0 Å². The van der Waals surface area contributed by atoms with Gasteiger partial charge in [0.15, 0.2) is 0 Å². The number of rotatable bonds is 6. The molecule has 0 amide bonds. The van der Waals surface area contributed by atoms with Crippen LogP contribution in [-0.4, -0.2) is 34.5 Å². The first-order chi connectivity index (χ1) is 6.18. The molecule has 0 atom stereocenters. The summed E-state index contributed by atoms with van der Waals surface area (Å²) in [5.41, 5.74) is 0. The van der Waals surface area contributed by atoms with Crippen LogP contribution in [0.5, 0.6) is 0 Å². The normalized spacial score (nSPS) is 8.46. The zero-order chi connectivity index (χ0) is 10.5. The number of carboxylic acid groups (broad SMARTS) is 1. The number of carboxylic acids is 1. The highest BCUT2D eigenvalue weighted by molar-refractivity contribution is 5.78. The van der Waals surface area contributed by atoms with E-state index in [-0.39, 0.29) is 13.2 Å². The second-order valence-corrected chi connectivity index (χ2v) is 2.40. The van der Waals surface area contributed by atoms with Gasteiger partial charge in [-0.25, -0.2) is 4.79 Å². The number of aliphatic hydroxyl groups excluding tert-OH is 2. The van der Waals surface area contributed by atoms with Crippen LogP contribution in [0.15, 0.2) is 12.7 Å². The highest BCUT2D eigenvalue weighted by Crippen LogP contribution is 1.96. The lowest BCUT2D eigenvalue weighted by molar-refractivity contribution is -0.131. The van der Waals surface area contributed by atoms with Crippen molar-refractivity contribution in [2.75, 3.05) is 13.2 Å². The van der Waals surface area contributed by atoms with Gasteiger partial charge in [0.25, 0.3) is 0 Å². The van der Waals surface area contributed by atoms with E-state index >= 15 is 0 Å². The van der Waals surface area contributed by atoms with Crippen molar-refractivity contribution >= 4 is 5.97 Å². The number of aliphatic hydroxyl groups is 2. The molecule has 13 heavy (non-hydrogen) atoms. The number of aliphatic carboxylic acids is 1. The molecule has 0 aromatic carbocycles. The number of carbonyl (C=O) groups is 1. The van der Waals surface area contributed by atoms with E-state index in [9.17, 15) is 4.79 Å². The molecular weight excluding hydrogens is 172 g/mol. The monoisotopic (exact) mass is 190 g/mol. The highest BCUT2D eigenvalue weighted by Gasteiger charge is 1.84. The van der Waals surface area contributed by atoms with Gasteiger partial charge in [-0.05, 0) is 12.8 Å². The average molecular weight is 190 g/mol. The van der Waals surface area contributed by atoms with Crippen LogP contribution in [0.25, 0.3) is 0 Å². The molecule has 0 spiro atoms. The van der Waals surface area contributed by atoms with Crippen molar-refractivity contribution < 1.29 is 20.1 Å². The molecule has 0 saturated heterocycles. The fourth-order valence-electron chi connectivity index (χ4n) is 0.577. The van der Waals surface area contributed by atoms with Crippen LogP contribution < -0.4 is 0 Å². The minimum absolute atomic E-state index is 0.283. The molecule has 0 bridgehead atoms.